The number of hydrogen-bond acceptors (Lipinski definition) is 1. The molecule has 82 valence electrons. The van der Waals surface area contributed by atoms with Crippen molar-refractivity contribution in [2.24, 2.45) is 17.3 Å². The van der Waals surface area contributed by atoms with Crippen LogP contribution in [0, 0.1) is 17.3 Å². The molecule has 0 atom stereocenters. The lowest BCUT2D eigenvalue weighted by Gasteiger charge is -2.45. The molecule has 0 unspecified atom stereocenters. The van der Waals surface area contributed by atoms with E-state index in [-0.39, 0.29) is 0 Å². The summed E-state index contributed by atoms with van der Waals surface area (Å²) < 4.78 is 0. The molecule has 1 saturated heterocycles. The highest BCUT2D eigenvalue weighted by atomic mass is 15.0. The highest BCUT2D eigenvalue weighted by Crippen LogP contribution is 2.41. The van der Waals surface area contributed by atoms with E-state index in [2.05, 4.69) is 19.2 Å². The zero-order chi connectivity index (χ0) is 10.0. The molecule has 0 spiro atoms. The molecule has 2 rings (SSSR count). The zero-order valence-corrected chi connectivity index (χ0v) is 9.81. The second-order valence-electron chi connectivity index (χ2n) is 6.06. The lowest BCUT2D eigenvalue weighted by molar-refractivity contribution is 0.0944. The van der Waals surface area contributed by atoms with Crippen molar-refractivity contribution in [1.82, 2.24) is 5.32 Å². The Kier molecular flexibility index (Phi) is 3.16. The molecular formula is C13H25N. The van der Waals surface area contributed by atoms with Crippen molar-refractivity contribution in [3.63, 3.8) is 0 Å². The maximum Gasteiger partial charge on any atom is 0.00204 e. The monoisotopic (exact) mass is 195 g/mol. The Hall–Kier alpha value is -0.0400. The molecule has 0 amide bonds. The lowest BCUT2D eigenvalue weighted by atomic mass is 9.69. The summed E-state index contributed by atoms with van der Waals surface area (Å²) in [4.78, 5) is 0. The molecule has 0 aromatic carbocycles. The first-order valence-corrected chi connectivity index (χ1v) is 6.41. The van der Waals surface area contributed by atoms with Crippen LogP contribution in [0.2, 0.25) is 0 Å². The standard InChI is InChI=1S/C13H25N/c1-11(2)7-13(9-14-10-13)8-12-5-3-4-6-12/h11-12,14H,3-10H2,1-2H3. The second kappa shape index (κ2) is 4.22. The van der Waals surface area contributed by atoms with Crippen LogP contribution < -0.4 is 5.32 Å². The highest BCUT2D eigenvalue weighted by Gasteiger charge is 2.39. The summed E-state index contributed by atoms with van der Waals surface area (Å²) in [6.45, 7) is 7.33. The van der Waals surface area contributed by atoms with E-state index >= 15 is 0 Å². The summed E-state index contributed by atoms with van der Waals surface area (Å²) in [6.07, 6.45) is 8.97. The molecule has 1 heterocycles. The van der Waals surface area contributed by atoms with Crippen LogP contribution in [0.1, 0.15) is 52.4 Å². The van der Waals surface area contributed by atoms with Gasteiger partial charge >= 0.3 is 0 Å². The van der Waals surface area contributed by atoms with Gasteiger partial charge in [-0.2, -0.15) is 0 Å². The molecule has 1 aliphatic carbocycles. The maximum absolute atomic E-state index is 3.48. The summed E-state index contributed by atoms with van der Waals surface area (Å²) in [7, 11) is 0. The summed E-state index contributed by atoms with van der Waals surface area (Å²) in [5.74, 6) is 1.94. The topological polar surface area (TPSA) is 12.0 Å². The van der Waals surface area contributed by atoms with Crippen molar-refractivity contribution >= 4 is 0 Å². The summed E-state index contributed by atoms with van der Waals surface area (Å²) >= 11 is 0. The van der Waals surface area contributed by atoms with Gasteiger partial charge in [0.25, 0.3) is 0 Å². The molecule has 1 N–H and O–H groups in total. The Morgan fingerprint density at radius 3 is 2.29 bits per heavy atom. The van der Waals surface area contributed by atoms with Gasteiger partial charge in [0.05, 0.1) is 0 Å². The first-order chi connectivity index (χ1) is 6.70. The van der Waals surface area contributed by atoms with E-state index in [9.17, 15) is 0 Å². The van der Waals surface area contributed by atoms with Crippen LogP contribution in [0.5, 0.6) is 0 Å². The van der Waals surface area contributed by atoms with Crippen LogP contribution in [0.15, 0.2) is 0 Å². The molecule has 1 heteroatoms. The fourth-order valence-corrected chi connectivity index (χ4v) is 3.54. The van der Waals surface area contributed by atoms with Gasteiger partial charge < -0.3 is 5.32 Å². The summed E-state index contributed by atoms with van der Waals surface area (Å²) in [5, 5.41) is 3.48. The SMILES string of the molecule is CC(C)CC1(CC2CCCC2)CNC1. The number of nitrogens with one attached hydrogen (secondary N) is 1. The minimum Gasteiger partial charge on any atom is -0.316 e. The van der Waals surface area contributed by atoms with Crippen LogP contribution in [-0.4, -0.2) is 13.1 Å². The van der Waals surface area contributed by atoms with E-state index in [0.29, 0.717) is 5.41 Å². The summed E-state index contributed by atoms with van der Waals surface area (Å²) in [5.41, 5.74) is 0.698. The van der Waals surface area contributed by atoms with E-state index in [1.54, 1.807) is 0 Å². The van der Waals surface area contributed by atoms with Crippen LogP contribution in [0.4, 0.5) is 0 Å². The Morgan fingerprint density at radius 2 is 1.86 bits per heavy atom. The molecule has 14 heavy (non-hydrogen) atoms. The quantitative estimate of drug-likeness (QED) is 0.726. The van der Waals surface area contributed by atoms with Gasteiger partial charge in [0.2, 0.25) is 0 Å². The molecule has 1 saturated carbocycles. The average Bonchev–Trinajstić information content (AvgIpc) is 2.51. The highest BCUT2D eigenvalue weighted by molar-refractivity contribution is 4.94. The molecule has 1 aliphatic heterocycles. The predicted octanol–water partition coefficient (Wildman–Crippen LogP) is 3.20. The van der Waals surface area contributed by atoms with Gasteiger partial charge in [-0.1, -0.05) is 39.5 Å². The molecule has 0 radical (unpaired) electrons. The van der Waals surface area contributed by atoms with E-state index in [1.807, 2.05) is 0 Å². The molecule has 2 fully saturated rings. The van der Waals surface area contributed by atoms with E-state index < -0.39 is 0 Å². The first-order valence-electron chi connectivity index (χ1n) is 6.41. The molecule has 2 aliphatic rings. The molecular weight excluding hydrogens is 170 g/mol. The first kappa shape index (κ1) is 10.5. The van der Waals surface area contributed by atoms with Crippen molar-refractivity contribution in [3.8, 4) is 0 Å². The van der Waals surface area contributed by atoms with Crippen molar-refractivity contribution in [2.45, 2.75) is 52.4 Å². The molecule has 0 bridgehead atoms. The Morgan fingerprint density at radius 1 is 1.21 bits per heavy atom. The van der Waals surface area contributed by atoms with Crippen LogP contribution in [-0.2, 0) is 0 Å². The third-order valence-electron chi connectivity index (χ3n) is 4.04. The van der Waals surface area contributed by atoms with E-state index in [1.165, 1.54) is 51.6 Å². The van der Waals surface area contributed by atoms with Gasteiger partial charge in [0, 0.05) is 13.1 Å². The summed E-state index contributed by atoms with van der Waals surface area (Å²) in [6, 6.07) is 0. The molecule has 1 nitrogen and oxygen atoms in total. The predicted molar refractivity (Wildman–Crippen MR) is 61.3 cm³/mol. The van der Waals surface area contributed by atoms with Gasteiger partial charge in [-0.05, 0) is 30.1 Å². The Balaban J connectivity index is 1.84. The Bertz CT molecular complexity index is 176. The zero-order valence-electron chi connectivity index (χ0n) is 9.81. The minimum atomic E-state index is 0.698. The van der Waals surface area contributed by atoms with E-state index in [0.717, 1.165) is 11.8 Å². The third-order valence-corrected chi connectivity index (χ3v) is 4.04. The van der Waals surface area contributed by atoms with Crippen molar-refractivity contribution in [2.75, 3.05) is 13.1 Å². The van der Waals surface area contributed by atoms with Crippen LogP contribution in [0.25, 0.3) is 0 Å². The number of rotatable bonds is 4. The van der Waals surface area contributed by atoms with Crippen LogP contribution >= 0.6 is 0 Å². The average molecular weight is 195 g/mol. The van der Waals surface area contributed by atoms with Gasteiger partial charge in [-0.25, -0.2) is 0 Å². The van der Waals surface area contributed by atoms with Gasteiger partial charge in [0.1, 0.15) is 0 Å². The van der Waals surface area contributed by atoms with Gasteiger partial charge in [-0.15, -0.1) is 0 Å². The van der Waals surface area contributed by atoms with E-state index in [4.69, 9.17) is 0 Å². The van der Waals surface area contributed by atoms with Crippen molar-refractivity contribution in [3.05, 3.63) is 0 Å². The van der Waals surface area contributed by atoms with Crippen LogP contribution in [0.3, 0.4) is 0 Å². The maximum atomic E-state index is 3.48. The van der Waals surface area contributed by atoms with Crippen molar-refractivity contribution < 1.29 is 0 Å². The fourth-order valence-electron chi connectivity index (χ4n) is 3.54. The fraction of sp³-hybridized carbons (Fsp3) is 1.00. The van der Waals surface area contributed by atoms with Gasteiger partial charge in [0.15, 0.2) is 0 Å². The number of hydrogen-bond donors (Lipinski definition) is 1. The minimum absolute atomic E-state index is 0.698. The smallest absolute Gasteiger partial charge is 0.00204 e. The normalized spacial score (nSPS) is 26.8. The third kappa shape index (κ3) is 2.31. The largest absolute Gasteiger partial charge is 0.316 e. The van der Waals surface area contributed by atoms with Gasteiger partial charge in [-0.3, -0.25) is 0 Å². The molecule has 0 aromatic heterocycles. The lowest BCUT2D eigenvalue weighted by Crippen LogP contribution is -2.54. The van der Waals surface area contributed by atoms with Crippen molar-refractivity contribution in [1.29, 1.82) is 0 Å². The molecule has 0 aromatic rings. The Labute approximate surface area is 88.7 Å². The second-order valence-corrected chi connectivity index (χ2v) is 6.06.